The Morgan fingerprint density at radius 1 is 0.892 bits per heavy atom. The van der Waals surface area contributed by atoms with Crippen molar-refractivity contribution in [2.45, 2.75) is 63.8 Å². The van der Waals surface area contributed by atoms with E-state index in [-0.39, 0.29) is 17.9 Å². The minimum absolute atomic E-state index is 0.0505. The molecular formula is C20H31NO15S. The number of hydrogen-bond donors (Lipinski definition) is 5. The van der Waals surface area contributed by atoms with E-state index in [1.54, 1.807) is 0 Å². The van der Waals surface area contributed by atoms with Gasteiger partial charge in [-0.05, 0) is 12.8 Å². The van der Waals surface area contributed by atoms with Crippen LogP contribution in [0.2, 0.25) is 0 Å². The molecule has 0 saturated heterocycles. The standard InChI is InChI=1S/C20H31NO15S/c1-2-3-4-9-35-10-5-8-21(14(22)6-7-16(25)36-37(32,33)34)20(18(28)29,19(30)31)12-13(17(26)27)11-15(23)24/h13H,2-12H2,1H3,(H,23,24)(H,26,27)(H,28,29)(H,30,31)(H,32,33,34). The Bertz CT molecular complexity index is 931. The monoisotopic (exact) mass is 557 g/mol. The van der Waals surface area contributed by atoms with Crippen molar-refractivity contribution in [3.8, 4) is 0 Å². The molecule has 5 N–H and O–H groups in total. The summed E-state index contributed by atoms with van der Waals surface area (Å²) in [7, 11) is -5.21. The number of nitrogens with zero attached hydrogens (tertiary/aromatic N) is 1. The van der Waals surface area contributed by atoms with Crippen molar-refractivity contribution in [1.29, 1.82) is 0 Å². The number of rotatable bonds is 20. The third-order valence-corrected chi connectivity index (χ3v) is 5.48. The van der Waals surface area contributed by atoms with E-state index in [1.165, 1.54) is 0 Å². The Morgan fingerprint density at radius 3 is 1.92 bits per heavy atom. The van der Waals surface area contributed by atoms with Gasteiger partial charge in [-0.1, -0.05) is 19.8 Å². The molecule has 0 radical (unpaired) electrons. The van der Waals surface area contributed by atoms with Crippen LogP contribution < -0.4 is 0 Å². The van der Waals surface area contributed by atoms with E-state index in [4.69, 9.17) is 14.4 Å². The highest BCUT2D eigenvalue weighted by molar-refractivity contribution is 7.81. The first-order chi connectivity index (χ1) is 17.1. The number of amides is 1. The highest BCUT2D eigenvalue weighted by Crippen LogP contribution is 2.29. The third kappa shape index (κ3) is 12.0. The quantitative estimate of drug-likeness (QED) is 0.0750. The Balaban J connectivity index is 6.11. The number of ether oxygens (including phenoxy) is 1. The van der Waals surface area contributed by atoms with Gasteiger partial charge in [-0.3, -0.25) is 23.7 Å². The van der Waals surface area contributed by atoms with Crippen LogP contribution in [0, 0.1) is 5.92 Å². The predicted molar refractivity (Wildman–Crippen MR) is 120 cm³/mol. The van der Waals surface area contributed by atoms with Crippen LogP contribution in [0.5, 0.6) is 0 Å². The number of hydrogen-bond acceptors (Lipinski definition) is 10. The number of carbonyl (C=O) groups excluding carboxylic acids is 2. The maximum absolute atomic E-state index is 12.9. The summed E-state index contributed by atoms with van der Waals surface area (Å²) in [6, 6.07) is 0. The molecule has 16 nitrogen and oxygen atoms in total. The van der Waals surface area contributed by atoms with E-state index < -0.39 is 89.8 Å². The van der Waals surface area contributed by atoms with Gasteiger partial charge in [0.1, 0.15) is 0 Å². The van der Waals surface area contributed by atoms with Crippen molar-refractivity contribution in [1.82, 2.24) is 4.90 Å². The summed E-state index contributed by atoms with van der Waals surface area (Å²) in [6.45, 7) is 1.62. The smallest absolute Gasteiger partial charge is 0.448 e. The van der Waals surface area contributed by atoms with E-state index in [2.05, 4.69) is 4.18 Å². The van der Waals surface area contributed by atoms with Crippen molar-refractivity contribution in [3.05, 3.63) is 0 Å². The molecule has 1 amide bonds. The van der Waals surface area contributed by atoms with Gasteiger partial charge in [0.05, 0.1) is 18.8 Å². The summed E-state index contributed by atoms with van der Waals surface area (Å²) < 4.78 is 38.8. The Kier molecular flexibility index (Phi) is 14.3. The lowest BCUT2D eigenvalue weighted by atomic mass is 9.83. The molecule has 1 unspecified atom stereocenters. The van der Waals surface area contributed by atoms with E-state index in [1.807, 2.05) is 6.92 Å². The minimum atomic E-state index is -5.21. The van der Waals surface area contributed by atoms with Crippen LogP contribution in [0.25, 0.3) is 0 Å². The van der Waals surface area contributed by atoms with Crippen LogP contribution in [0.3, 0.4) is 0 Å². The molecule has 37 heavy (non-hydrogen) atoms. The molecule has 0 bridgehead atoms. The van der Waals surface area contributed by atoms with Crippen LogP contribution in [0.1, 0.15) is 58.3 Å². The van der Waals surface area contributed by atoms with E-state index in [0.29, 0.717) is 13.0 Å². The molecule has 0 aromatic carbocycles. The molecule has 0 saturated carbocycles. The van der Waals surface area contributed by atoms with Crippen LogP contribution in [0.15, 0.2) is 0 Å². The second-order valence-electron chi connectivity index (χ2n) is 7.91. The van der Waals surface area contributed by atoms with Crippen LogP contribution >= 0.6 is 0 Å². The van der Waals surface area contributed by atoms with Crippen molar-refractivity contribution in [2.24, 2.45) is 5.92 Å². The second-order valence-corrected chi connectivity index (χ2v) is 8.93. The van der Waals surface area contributed by atoms with E-state index in [0.717, 1.165) is 12.8 Å². The normalized spacial score (nSPS) is 12.4. The first-order valence-corrected chi connectivity index (χ1v) is 12.4. The molecular weight excluding hydrogens is 526 g/mol. The fraction of sp³-hybridized carbons (Fsp3) is 0.700. The highest BCUT2D eigenvalue weighted by atomic mass is 32.3. The summed E-state index contributed by atoms with van der Waals surface area (Å²) >= 11 is 0. The first kappa shape index (κ1) is 33.7. The lowest BCUT2D eigenvalue weighted by Gasteiger charge is -2.38. The van der Waals surface area contributed by atoms with Crippen LogP contribution in [0.4, 0.5) is 0 Å². The first-order valence-electron chi connectivity index (χ1n) is 11.1. The molecule has 0 fully saturated rings. The largest absolute Gasteiger partial charge is 0.481 e. The predicted octanol–water partition coefficient (Wildman–Crippen LogP) is 0.0117. The summed E-state index contributed by atoms with van der Waals surface area (Å²) in [6.07, 6.45) is -2.12. The Hall–Kier alpha value is -3.31. The summed E-state index contributed by atoms with van der Waals surface area (Å²) in [5, 5.41) is 38.1. The van der Waals surface area contributed by atoms with Gasteiger partial charge < -0.3 is 34.2 Å². The van der Waals surface area contributed by atoms with Crippen molar-refractivity contribution < 1.29 is 71.1 Å². The molecule has 0 aliphatic heterocycles. The highest BCUT2D eigenvalue weighted by Gasteiger charge is 2.55. The van der Waals surface area contributed by atoms with Gasteiger partial charge in [0.25, 0.3) is 0 Å². The lowest BCUT2D eigenvalue weighted by molar-refractivity contribution is -0.176. The zero-order valence-electron chi connectivity index (χ0n) is 20.0. The topological polar surface area (TPSA) is 259 Å². The van der Waals surface area contributed by atoms with Crippen LogP contribution in [-0.4, -0.2) is 99.3 Å². The van der Waals surface area contributed by atoms with Gasteiger partial charge in [-0.15, -0.1) is 0 Å². The average molecular weight is 558 g/mol. The van der Waals surface area contributed by atoms with Gasteiger partial charge in [0.2, 0.25) is 11.4 Å². The average Bonchev–Trinajstić information content (AvgIpc) is 2.75. The maximum Gasteiger partial charge on any atom is 0.448 e. The van der Waals surface area contributed by atoms with Crippen molar-refractivity contribution >= 4 is 46.2 Å². The van der Waals surface area contributed by atoms with E-state index in [9.17, 15) is 52.5 Å². The molecule has 212 valence electrons. The SMILES string of the molecule is CCCCCOCCCN(C(=O)CCC(=O)OS(=O)(=O)O)C(CC(CC(=O)O)C(=O)O)(C(=O)O)C(=O)O. The molecule has 0 aliphatic carbocycles. The molecule has 17 heteroatoms. The van der Waals surface area contributed by atoms with Crippen LogP contribution in [-0.2, 0) is 48.1 Å². The molecule has 0 spiro atoms. The molecule has 0 aliphatic rings. The number of unbranched alkanes of at least 4 members (excludes halogenated alkanes) is 2. The fourth-order valence-corrected chi connectivity index (χ4v) is 3.65. The Labute approximate surface area is 212 Å². The zero-order chi connectivity index (χ0) is 28.8. The van der Waals surface area contributed by atoms with Gasteiger partial charge in [0.15, 0.2) is 0 Å². The summed E-state index contributed by atoms with van der Waals surface area (Å²) in [4.78, 5) is 71.9. The van der Waals surface area contributed by atoms with Gasteiger partial charge in [-0.2, -0.15) is 8.42 Å². The minimum Gasteiger partial charge on any atom is -0.481 e. The van der Waals surface area contributed by atoms with Crippen molar-refractivity contribution in [3.63, 3.8) is 0 Å². The maximum atomic E-state index is 12.9. The van der Waals surface area contributed by atoms with E-state index >= 15 is 0 Å². The molecule has 0 aromatic rings. The van der Waals surface area contributed by atoms with Gasteiger partial charge in [0, 0.05) is 32.6 Å². The number of carbonyl (C=O) groups is 6. The fourth-order valence-electron chi connectivity index (χ4n) is 3.33. The second kappa shape index (κ2) is 15.7. The molecule has 0 heterocycles. The van der Waals surface area contributed by atoms with Crippen molar-refractivity contribution in [2.75, 3.05) is 19.8 Å². The lowest BCUT2D eigenvalue weighted by Crippen LogP contribution is -2.63. The number of carboxylic acids is 4. The summed E-state index contributed by atoms with van der Waals surface area (Å²) in [5.74, 6) is -12.8. The molecule has 0 rings (SSSR count). The number of carboxylic acid groups (broad SMARTS) is 4. The van der Waals surface area contributed by atoms with Gasteiger partial charge >= 0.3 is 40.2 Å². The summed E-state index contributed by atoms with van der Waals surface area (Å²) in [5.41, 5.74) is -3.26. The number of aliphatic carboxylic acids is 4. The van der Waals surface area contributed by atoms with Gasteiger partial charge in [-0.25, -0.2) is 9.59 Å². The zero-order valence-corrected chi connectivity index (χ0v) is 20.8. The third-order valence-electron chi connectivity index (χ3n) is 5.09. The Morgan fingerprint density at radius 2 is 1.46 bits per heavy atom. The molecule has 0 aromatic heterocycles. The molecule has 1 atom stereocenters.